The molecule has 0 spiro atoms. The Morgan fingerprint density at radius 2 is 1.67 bits per heavy atom. The van der Waals surface area contributed by atoms with Crippen LogP contribution in [-0.4, -0.2) is 85.3 Å². The number of alkyl halides is 1. The number of likely N-dealkylation sites (N-methyl/N-ethyl adjacent to an activating group) is 1. The van der Waals surface area contributed by atoms with Gasteiger partial charge in [-0.1, -0.05) is 0 Å². The van der Waals surface area contributed by atoms with Crippen LogP contribution < -0.4 is 0 Å². The molecular weight excluding hydrogens is 462 g/mol. The molecular formula is C20H38FIN2O3. The minimum atomic E-state index is -0.817. The summed E-state index contributed by atoms with van der Waals surface area (Å²) in [5, 5.41) is 0. The maximum Gasteiger partial charge on any atom is 0.119 e. The first-order chi connectivity index (χ1) is 12.7. The van der Waals surface area contributed by atoms with Crippen molar-refractivity contribution < 1.29 is 16.9 Å². The van der Waals surface area contributed by atoms with Gasteiger partial charge < -0.3 is 12.5 Å². The van der Waals surface area contributed by atoms with E-state index in [0.29, 0.717) is 6.42 Å². The molecule has 7 heteroatoms. The van der Waals surface area contributed by atoms with Crippen molar-refractivity contribution in [1.82, 2.24) is 9.80 Å². The van der Waals surface area contributed by atoms with Gasteiger partial charge >= 0.3 is 0 Å². The van der Waals surface area contributed by atoms with Crippen LogP contribution in [0.5, 0.6) is 0 Å². The van der Waals surface area contributed by atoms with E-state index in [1.807, 2.05) is 43.8 Å². The van der Waals surface area contributed by atoms with Crippen LogP contribution in [-0.2, 0) is 12.5 Å². The first kappa shape index (κ1) is 23.7. The van der Waals surface area contributed by atoms with Crippen molar-refractivity contribution in [2.24, 2.45) is 0 Å². The summed E-state index contributed by atoms with van der Waals surface area (Å²) >= 11 is 2.02. The van der Waals surface area contributed by atoms with E-state index in [4.69, 9.17) is 12.5 Å². The number of rotatable bonds is 10. The SMILES string of the molecule is CC(C)O[C@@H](C)[C@@H]1[C@H](F)CCN1CC[C@H](OC(C)C)[C@@H]1[C@@H](OI)CCN1C. The maximum atomic E-state index is 14.6. The molecule has 2 rings (SSSR count). The van der Waals surface area contributed by atoms with Gasteiger partial charge in [0, 0.05) is 19.6 Å². The molecule has 0 saturated carbocycles. The molecule has 0 aromatic rings. The van der Waals surface area contributed by atoms with Gasteiger partial charge in [-0.15, -0.1) is 0 Å². The van der Waals surface area contributed by atoms with Crippen LogP contribution >= 0.6 is 23.0 Å². The van der Waals surface area contributed by atoms with Gasteiger partial charge in [-0.2, -0.15) is 0 Å². The number of hydrogen-bond acceptors (Lipinski definition) is 5. The Labute approximate surface area is 179 Å². The molecule has 2 heterocycles. The highest BCUT2D eigenvalue weighted by Crippen LogP contribution is 2.30. The lowest BCUT2D eigenvalue weighted by Crippen LogP contribution is -2.49. The predicted octanol–water partition coefficient (Wildman–Crippen LogP) is 3.84. The zero-order valence-corrected chi connectivity index (χ0v) is 19.9. The van der Waals surface area contributed by atoms with Gasteiger partial charge in [-0.3, -0.25) is 9.80 Å². The summed E-state index contributed by atoms with van der Waals surface area (Å²) in [6.45, 7) is 12.8. The molecule has 0 radical (unpaired) electrons. The summed E-state index contributed by atoms with van der Waals surface area (Å²) in [6.07, 6.45) is 2.11. The summed E-state index contributed by atoms with van der Waals surface area (Å²) in [4.78, 5) is 4.61. The first-order valence-electron chi connectivity index (χ1n) is 10.4. The molecule has 0 N–H and O–H groups in total. The van der Waals surface area contributed by atoms with E-state index in [-0.39, 0.29) is 42.6 Å². The molecule has 27 heavy (non-hydrogen) atoms. The normalized spacial score (nSPS) is 32.7. The van der Waals surface area contributed by atoms with Gasteiger partial charge in [0.05, 0.1) is 42.6 Å². The van der Waals surface area contributed by atoms with Crippen molar-refractivity contribution in [2.45, 2.75) is 103 Å². The Morgan fingerprint density at radius 3 is 2.26 bits per heavy atom. The average Bonchev–Trinajstić information content (AvgIpc) is 3.13. The third kappa shape index (κ3) is 6.47. The van der Waals surface area contributed by atoms with Crippen molar-refractivity contribution in [2.75, 3.05) is 26.7 Å². The van der Waals surface area contributed by atoms with Gasteiger partial charge in [-0.05, 0) is 60.9 Å². The summed E-state index contributed by atoms with van der Waals surface area (Å²) < 4.78 is 32.5. The Hall–Kier alpha value is 0.460. The molecule has 160 valence electrons. The zero-order valence-electron chi connectivity index (χ0n) is 17.7. The molecule has 0 aromatic heterocycles. The maximum absolute atomic E-state index is 14.6. The van der Waals surface area contributed by atoms with Gasteiger partial charge in [0.15, 0.2) is 0 Å². The highest BCUT2D eigenvalue weighted by Gasteiger charge is 2.42. The van der Waals surface area contributed by atoms with Crippen LogP contribution in [0.15, 0.2) is 0 Å². The average molecular weight is 500 g/mol. The molecule has 0 unspecified atom stereocenters. The lowest BCUT2D eigenvalue weighted by atomic mass is 10.0. The number of ether oxygens (including phenoxy) is 2. The summed E-state index contributed by atoms with van der Waals surface area (Å²) in [5.74, 6) is 0. The van der Waals surface area contributed by atoms with E-state index in [9.17, 15) is 4.39 Å². The fraction of sp³-hybridized carbons (Fsp3) is 1.00. The second-order valence-corrected chi connectivity index (χ2v) is 9.13. The molecule has 0 amide bonds. The minimum absolute atomic E-state index is 0.0814. The molecule has 2 aliphatic rings. The van der Waals surface area contributed by atoms with Gasteiger partial charge in [0.2, 0.25) is 0 Å². The van der Waals surface area contributed by atoms with Gasteiger partial charge in [0.1, 0.15) is 29.2 Å². The Bertz CT molecular complexity index is 443. The molecule has 6 atom stereocenters. The first-order valence-corrected chi connectivity index (χ1v) is 11.3. The van der Waals surface area contributed by atoms with Crippen LogP contribution in [0.3, 0.4) is 0 Å². The summed E-state index contributed by atoms with van der Waals surface area (Å²) in [7, 11) is 2.14. The largest absolute Gasteiger partial charge is 0.374 e. The topological polar surface area (TPSA) is 34.2 Å². The van der Waals surface area contributed by atoms with Crippen molar-refractivity contribution in [3.63, 3.8) is 0 Å². The van der Waals surface area contributed by atoms with Gasteiger partial charge in [0.25, 0.3) is 0 Å². The van der Waals surface area contributed by atoms with E-state index >= 15 is 0 Å². The van der Waals surface area contributed by atoms with Crippen molar-refractivity contribution in [3.05, 3.63) is 0 Å². The third-order valence-corrected chi connectivity index (χ3v) is 6.40. The smallest absolute Gasteiger partial charge is 0.119 e. The Balaban J connectivity index is 2.02. The molecule has 2 aliphatic heterocycles. The number of nitrogens with zero attached hydrogens (tertiary/aromatic N) is 2. The van der Waals surface area contributed by atoms with E-state index in [2.05, 4.69) is 30.7 Å². The summed E-state index contributed by atoms with van der Waals surface area (Å²) in [5.41, 5.74) is 0. The monoisotopic (exact) mass is 500 g/mol. The van der Waals surface area contributed by atoms with Crippen molar-refractivity contribution >= 4 is 23.0 Å². The Morgan fingerprint density at radius 1 is 1.00 bits per heavy atom. The van der Waals surface area contributed by atoms with Crippen LogP contribution in [0, 0.1) is 0 Å². The zero-order chi connectivity index (χ0) is 20.1. The molecule has 2 saturated heterocycles. The molecule has 0 aromatic carbocycles. The minimum Gasteiger partial charge on any atom is -0.374 e. The number of likely N-dealkylation sites (tertiary alicyclic amines) is 2. The van der Waals surface area contributed by atoms with Crippen molar-refractivity contribution in [1.29, 1.82) is 0 Å². The summed E-state index contributed by atoms with van der Waals surface area (Å²) in [6, 6.07) is 0.0842. The van der Waals surface area contributed by atoms with Crippen LogP contribution in [0.4, 0.5) is 4.39 Å². The molecule has 0 aliphatic carbocycles. The fourth-order valence-electron chi connectivity index (χ4n) is 4.72. The van der Waals surface area contributed by atoms with Crippen LogP contribution in [0.25, 0.3) is 0 Å². The second kappa shape index (κ2) is 11.0. The molecule has 2 fully saturated rings. The lowest BCUT2D eigenvalue weighted by Gasteiger charge is -2.36. The third-order valence-electron chi connectivity index (χ3n) is 5.75. The van der Waals surface area contributed by atoms with Gasteiger partial charge in [-0.25, -0.2) is 4.39 Å². The highest BCUT2D eigenvalue weighted by atomic mass is 127. The van der Waals surface area contributed by atoms with E-state index in [1.54, 1.807) is 0 Å². The second-order valence-electron chi connectivity index (χ2n) is 8.62. The Kier molecular flexibility index (Phi) is 9.68. The van der Waals surface area contributed by atoms with E-state index in [0.717, 1.165) is 32.5 Å². The van der Waals surface area contributed by atoms with Crippen LogP contribution in [0.1, 0.15) is 53.9 Å². The predicted molar refractivity (Wildman–Crippen MR) is 115 cm³/mol. The number of halogens is 2. The highest BCUT2D eigenvalue weighted by molar-refractivity contribution is 14.1. The van der Waals surface area contributed by atoms with E-state index < -0.39 is 6.17 Å². The molecule has 0 bridgehead atoms. The standard InChI is InChI=1S/C20H38FIN2O3/c1-13(2)25-15(5)19-16(21)7-11-24(19)12-9-17(26-14(3)4)20-18(27-22)8-10-23(20)6/h13-20H,7-12H2,1-6H3/t15-,16+,17-,18-,19+,20+/m0/s1. The lowest BCUT2D eigenvalue weighted by molar-refractivity contribution is -0.0646. The van der Waals surface area contributed by atoms with Crippen molar-refractivity contribution in [3.8, 4) is 0 Å². The molecule has 5 nitrogen and oxygen atoms in total. The van der Waals surface area contributed by atoms with E-state index in [1.165, 1.54) is 0 Å². The fourth-order valence-corrected chi connectivity index (χ4v) is 5.27. The number of hydrogen-bond donors (Lipinski definition) is 0. The van der Waals surface area contributed by atoms with Crippen LogP contribution in [0.2, 0.25) is 0 Å². The quantitative estimate of drug-likeness (QED) is 0.426.